The lowest BCUT2D eigenvalue weighted by Crippen LogP contribution is -2.60. The van der Waals surface area contributed by atoms with E-state index in [1.54, 1.807) is 0 Å². The molecule has 3 heteroatoms. The molecule has 1 heterocycles. The minimum atomic E-state index is 0.223. The first-order chi connectivity index (χ1) is 9.13. The lowest BCUT2D eigenvalue weighted by molar-refractivity contribution is -0.0978. The molecule has 0 spiro atoms. The first kappa shape index (κ1) is 12.7. The minimum Gasteiger partial charge on any atom is -0.381 e. The Morgan fingerprint density at radius 2 is 2.16 bits per heavy atom. The topological polar surface area (TPSA) is 37.0 Å². The highest BCUT2D eigenvalue weighted by molar-refractivity contribution is 5.82. The maximum atomic E-state index is 5.49. The third kappa shape index (κ3) is 2.07. The maximum absolute atomic E-state index is 5.49. The van der Waals surface area contributed by atoms with Gasteiger partial charge in [-0.15, -0.1) is 0 Å². The number of hydrogen-bond donors (Lipinski definition) is 2. The Bertz CT molecular complexity index is 573. The van der Waals surface area contributed by atoms with Crippen molar-refractivity contribution in [2.24, 2.45) is 5.41 Å². The van der Waals surface area contributed by atoms with E-state index in [4.69, 9.17) is 4.74 Å². The van der Waals surface area contributed by atoms with Crippen molar-refractivity contribution >= 4 is 10.9 Å². The van der Waals surface area contributed by atoms with Crippen molar-refractivity contribution in [2.45, 2.75) is 39.0 Å². The summed E-state index contributed by atoms with van der Waals surface area (Å²) in [5.74, 6) is 0. The van der Waals surface area contributed by atoms with Crippen molar-refractivity contribution in [3.8, 4) is 0 Å². The molecular weight excluding hydrogens is 236 g/mol. The van der Waals surface area contributed by atoms with E-state index < -0.39 is 0 Å². The van der Waals surface area contributed by atoms with E-state index in [2.05, 4.69) is 54.6 Å². The number of aromatic nitrogens is 1. The first-order valence-corrected chi connectivity index (χ1v) is 6.94. The Kier molecular flexibility index (Phi) is 3.11. The maximum Gasteiger partial charge on any atom is 0.0652 e. The molecule has 1 aromatic carbocycles. The van der Waals surface area contributed by atoms with Crippen LogP contribution in [0, 0.1) is 5.41 Å². The number of methoxy groups -OCH3 is 1. The molecule has 0 bridgehead atoms. The molecule has 1 aromatic heterocycles. The standard InChI is InChI=1S/C16H22N2O/c1-16(2)14(8-15(16)19-3)18-10-11-9-17-13-7-5-4-6-12(11)13/h4-7,9,14-15,17-18H,8,10H2,1-3H3. The molecule has 102 valence electrons. The third-order valence-electron chi connectivity index (χ3n) is 4.68. The average molecular weight is 258 g/mol. The number of rotatable bonds is 4. The Morgan fingerprint density at radius 1 is 1.37 bits per heavy atom. The molecule has 1 saturated carbocycles. The van der Waals surface area contributed by atoms with Crippen LogP contribution in [0.5, 0.6) is 0 Å². The average Bonchev–Trinajstić information content (AvgIpc) is 2.81. The van der Waals surface area contributed by atoms with E-state index in [1.807, 2.05) is 7.11 Å². The summed E-state index contributed by atoms with van der Waals surface area (Å²) in [5, 5.41) is 4.98. The Morgan fingerprint density at radius 3 is 2.89 bits per heavy atom. The van der Waals surface area contributed by atoms with Gasteiger partial charge in [0, 0.05) is 42.2 Å². The summed E-state index contributed by atoms with van der Waals surface area (Å²) in [4.78, 5) is 3.32. The summed E-state index contributed by atoms with van der Waals surface area (Å²) in [6.45, 7) is 5.46. The fraction of sp³-hybridized carbons (Fsp3) is 0.500. The van der Waals surface area contributed by atoms with Crippen LogP contribution in [-0.4, -0.2) is 24.2 Å². The van der Waals surface area contributed by atoms with Gasteiger partial charge in [-0.05, 0) is 18.1 Å². The van der Waals surface area contributed by atoms with Crippen molar-refractivity contribution in [1.82, 2.24) is 10.3 Å². The minimum absolute atomic E-state index is 0.223. The van der Waals surface area contributed by atoms with E-state index in [-0.39, 0.29) is 5.41 Å². The number of fused-ring (bicyclic) bond motifs is 1. The van der Waals surface area contributed by atoms with Gasteiger partial charge in [-0.3, -0.25) is 0 Å². The van der Waals surface area contributed by atoms with Gasteiger partial charge in [-0.1, -0.05) is 32.0 Å². The number of aromatic amines is 1. The second-order valence-corrected chi connectivity index (χ2v) is 6.07. The van der Waals surface area contributed by atoms with Crippen molar-refractivity contribution in [3.05, 3.63) is 36.0 Å². The molecule has 0 amide bonds. The van der Waals surface area contributed by atoms with Gasteiger partial charge in [0.25, 0.3) is 0 Å². The predicted octanol–water partition coefficient (Wildman–Crippen LogP) is 3.07. The molecule has 1 fully saturated rings. The highest BCUT2D eigenvalue weighted by Gasteiger charge is 2.48. The Labute approximate surface area is 114 Å². The molecule has 3 nitrogen and oxygen atoms in total. The first-order valence-electron chi connectivity index (χ1n) is 6.94. The zero-order valence-electron chi connectivity index (χ0n) is 11.9. The molecule has 0 saturated heterocycles. The van der Waals surface area contributed by atoms with E-state index >= 15 is 0 Å². The molecule has 1 aliphatic carbocycles. The van der Waals surface area contributed by atoms with Crippen molar-refractivity contribution in [1.29, 1.82) is 0 Å². The lowest BCUT2D eigenvalue weighted by atomic mass is 9.64. The molecule has 2 unspecified atom stereocenters. The SMILES string of the molecule is COC1CC(NCc2c[nH]c3ccccc23)C1(C)C. The summed E-state index contributed by atoms with van der Waals surface area (Å²) in [7, 11) is 1.81. The second kappa shape index (κ2) is 4.66. The van der Waals surface area contributed by atoms with Gasteiger partial charge in [0.15, 0.2) is 0 Å². The second-order valence-electron chi connectivity index (χ2n) is 6.07. The molecule has 2 atom stereocenters. The largest absolute Gasteiger partial charge is 0.381 e. The lowest BCUT2D eigenvalue weighted by Gasteiger charge is -2.51. The third-order valence-corrected chi connectivity index (χ3v) is 4.68. The highest BCUT2D eigenvalue weighted by Crippen LogP contribution is 2.42. The van der Waals surface area contributed by atoms with Gasteiger partial charge in [0.05, 0.1) is 6.10 Å². The molecular formula is C16H22N2O. The van der Waals surface area contributed by atoms with Crippen LogP contribution in [0.4, 0.5) is 0 Å². The van der Waals surface area contributed by atoms with Crippen LogP contribution in [-0.2, 0) is 11.3 Å². The van der Waals surface area contributed by atoms with Gasteiger partial charge < -0.3 is 15.0 Å². The van der Waals surface area contributed by atoms with Gasteiger partial charge in [0.1, 0.15) is 0 Å². The smallest absolute Gasteiger partial charge is 0.0652 e. The zero-order chi connectivity index (χ0) is 13.5. The van der Waals surface area contributed by atoms with Crippen LogP contribution in [0.15, 0.2) is 30.5 Å². The van der Waals surface area contributed by atoms with E-state index in [9.17, 15) is 0 Å². The number of ether oxygens (including phenoxy) is 1. The number of H-pyrrole nitrogens is 1. The monoisotopic (exact) mass is 258 g/mol. The zero-order valence-corrected chi connectivity index (χ0v) is 11.9. The van der Waals surface area contributed by atoms with Crippen LogP contribution < -0.4 is 5.32 Å². The number of hydrogen-bond acceptors (Lipinski definition) is 2. The molecule has 1 aliphatic rings. The molecule has 3 rings (SSSR count). The molecule has 2 N–H and O–H groups in total. The highest BCUT2D eigenvalue weighted by atomic mass is 16.5. The van der Waals surface area contributed by atoms with Crippen LogP contribution in [0.3, 0.4) is 0 Å². The number of para-hydroxylation sites is 1. The van der Waals surface area contributed by atoms with Crippen LogP contribution in [0.25, 0.3) is 10.9 Å². The van der Waals surface area contributed by atoms with Crippen LogP contribution in [0.1, 0.15) is 25.8 Å². The summed E-state index contributed by atoms with van der Waals surface area (Å²) in [6.07, 6.45) is 3.59. The summed E-state index contributed by atoms with van der Waals surface area (Å²) in [5.41, 5.74) is 2.77. The van der Waals surface area contributed by atoms with Crippen molar-refractivity contribution in [3.63, 3.8) is 0 Å². The Hall–Kier alpha value is -1.32. The van der Waals surface area contributed by atoms with Gasteiger partial charge in [-0.2, -0.15) is 0 Å². The van der Waals surface area contributed by atoms with Crippen molar-refractivity contribution in [2.75, 3.05) is 7.11 Å². The quantitative estimate of drug-likeness (QED) is 0.884. The summed E-state index contributed by atoms with van der Waals surface area (Å²) in [6, 6.07) is 8.98. The van der Waals surface area contributed by atoms with Gasteiger partial charge in [-0.25, -0.2) is 0 Å². The normalized spacial score (nSPS) is 25.4. The van der Waals surface area contributed by atoms with E-state index in [1.165, 1.54) is 16.5 Å². The predicted molar refractivity (Wildman–Crippen MR) is 78.1 cm³/mol. The molecule has 0 aliphatic heterocycles. The summed E-state index contributed by atoms with van der Waals surface area (Å²) < 4.78 is 5.49. The molecule has 19 heavy (non-hydrogen) atoms. The Balaban J connectivity index is 1.68. The number of nitrogens with one attached hydrogen (secondary N) is 2. The fourth-order valence-corrected chi connectivity index (χ4v) is 3.14. The van der Waals surface area contributed by atoms with Crippen LogP contribution in [0.2, 0.25) is 0 Å². The van der Waals surface area contributed by atoms with E-state index in [0.29, 0.717) is 12.1 Å². The van der Waals surface area contributed by atoms with Crippen LogP contribution >= 0.6 is 0 Å². The van der Waals surface area contributed by atoms with E-state index in [0.717, 1.165) is 13.0 Å². The fourth-order valence-electron chi connectivity index (χ4n) is 3.14. The molecule has 2 aromatic rings. The number of benzene rings is 1. The van der Waals surface area contributed by atoms with Crippen molar-refractivity contribution < 1.29 is 4.74 Å². The van der Waals surface area contributed by atoms with Gasteiger partial charge >= 0.3 is 0 Å². The summed E-state index contributed by atoms with van der Waals surface area (Å²) >= 11 is 0. The molecule has 0 radical (unpaired) electrons. The van der Waals surface area contributed by atoms with Gasteiger partial charge in [0.2, 0.25) is 0 Å².